The number of hydrogen-bond donors (Lipinski definition) is 7. The molecule has 0 radical (unpaired) electrons. The Bertz CT molecular complexity index is 455. The number of carbonyl (C=O) groups is 3. The largest absolute Gasteiger partial charge is 0.481 e. The maximum Gasteiger partial charge on any atom is 0.304 e. The Balaban J connectivity index is 4.65. The Morgan fingerprint density at radius 3 is 1.43 bits per heavy atom. The molecule has 0 spiro atoms. The number of carboxylic acid groups (broad SMARTS) is 1. The van der Waals surface area contributed by atoms with Crippen LogP contribution in [0.4, 0.5) is 0 Å². The quantitative estimate of drug-likeness (QED) is 0.0927. The van der Waals surface area contributed by atoms with Crippen molar-refractivity contribution in [1.29, 1.82) is 0 Å². The first-order valence-electron chi connectivity index (χ1n) is 8.91. The van der Waals surface area contributed by atoms with Crippen LogP contribution in [0.3, 0.4) is 0 Å². The molecule has 28 heavy (non-hydrogen) atoms. The van der Waals surface area contributed by atoms with Crippen LogP contribution in [-0.4, -0.2) is 94.1 Å². The van der Waals surface area contributed by atoms with E-state index in [1.807, 2.05) is 0 Å². The predicted molar refractivity (Wildman–Crippen MR) is 108 cm³/mol. The van der Waals surface area contributed by atoms with Gasteiger partial charge < -0.3 is 36.2 Å². The van der Waals surface area contributed by atoms with Gasteiger partial charge in [-0.1, -0.05) is 15.8 Å². The maximum absolute atomic E-state index is 12.5. The molecule has 0 rings (SSSR count). The highest BCUT2D eigenvalue weighted by atomic mass is 31.1. The van der Waals surface area contributed by atoms with Gasteiger partial charge in [0.1, 0.15) is 5.41 Å². The second kappa shape index (κ2) is 15.0. The summed E-state index contributed by atoms with van der Waals surface area (Å²) in [6.07, 6.45) is 1.00. The van der Waals surface area contributed by atoms with Gasteiger partial charge in [-0.15, -0.1) is 0 Å². The maximum atomic E-state index is 12.5. The second-order valence-corrected chi connectivity index (χ2v) is 11.2. The number of aliphatic hydroxyl groups is 4. The van der Waals surface area contributed by atoms with Gasteiger partial charge in [0.05, 0.1) is 31.8 Å². The first-order valence-corrected chi connectivity index (χ1v) is 12.7. The average Bonchev–Trinajstić information content (AvgIpc) is 2.67. The molecule has 0 saturated carbocycles. The lowest BCUT2D eigenvalue weighted by molar-refractivity contribution is -0.151. The second-order valence-electron chi connectivity index (χ2n) is 6.48. The molecule has 10 nitrogen and oxygen atoms in total. The fraction of sp³-hybridized carbons (Fsp3) is 0.812. The van der Waals surface area contributed by atoms with E-state index in [9.17, 15) is 14.4 Å². The molecule has 12 heteroatoms. The van der Waals surface area contributed by atoms with Gasteiger partial charge in [0, 0.05) is 13.1 Å². The Morgan fingerprint density at radius 1 is 0.786 bits per heavy atom. The van der Waals surface area contributed by atoms with E-state index in [0.717, 1.165) is 0 Å². The highest BCUT2D eigenvalue weighted by molar-refractivity contribution is 7.57. The molecule has 164 valence electrons. The fourth-order valence-corrected chi connectivity index (χ4v) is 4.29. The number of hydrogen-bond acceptors (Lipinski definition) is 7. The number of carboxylic acids is 1. The topological polar surface area (TPSA) is 176 Å². The summed E-state index contributed by atoms with van der Waals surface area (Å²) in [6, 6.07) is 0. The molecule has 0 unspecified atom stereocenters. The van der Waals surface area contributed by atoms with E-state index in [4.69, 9.17) is 25.5 Å². The van der Waals surface area contributed by atoms with Crippen molar-refractivity contribution in [2.45, 2.75) is 26.2 Å². The van der Waals surface area contributed by atoms with Gasteiger partial charge in [-0.2, -0.15) is 0 Å². The smallest absolute Gasteiger partial charge is 0.304 e. The lowest BCUT2D eigenvalue weighted by Gasteiger charge is -2.26. The molecule has 0 fully saturated rings. The first-order chi connectivity index (χ1) is 13.2. The van der Waals surface area contributed by atoms with Crippen LogP contribution in [0.15, 0.2) is 0 Å². The van der Waals surface area contributed by atoms with E-state index in [1.165, 1.54) is 6.92 Å². The molecule has 7 N–H and O–H groups in total. The molecule has 0 aromatic rings. The third-order valence-corrected chi connectivity index (χ3v) is 7.68. The van der Waals surface area contributed by atoms with Crippen LogP contribution in [0.1, 0.15) is 26.2 Å². The highest BCUT2D eigenvalue weighted by Gasteiger charge is 2.42. The summed E-state index contributed by atoms with van der Waals surface area (Å²) in [7, 11) is -1.82. The third-order valence-electron chi connectivity index (χ3n) is 4.18. The Hall–Kier alpha value is -0.890. The van der Waals surface area contributed by atoms with E-state index in [0.29, 0.717) is 25.2 Å². The summed E-state index contributed by atoms with van der Waals surface area (Å²) in [4.78, 5) is 36.1. The molecule has 0 aliphatic heterocycles. The normalized spacial score (nSPS) is 11.7. The zero-order valence-corrected chi connectivity index (χ0v) is 17.9. The number of amides is 2. The van der Waals surface area contributed by atoms with E-state index < -0.39 is 45.5 Å². The lowest BCUT2D eigenvalue weighted by atomic mass is 9.84. The fourth-order valence-electron chi connectivity index (χ4n) is 2.34. The van der Waals surface area contributed by atoms with Crippen LogP contribution in [0.25, 0.3) is 0 Å². The SMILES string of the molecule is CC(CC(=O)O)(C(=O)NCCCP(CO)CO)C(=O)NCCCP(CO)CO. The molecule has 0 atom stereocenters. The molecular weight excluding hydrogens is 410 g/mol. The van der Waals surface area contributed by atoms with Crippen molar-refractivity contribution in [3.8, 4) is 0 Å². The van der Waals surface area contributed by atoms with E-state index in [2.05, 4.69) is 10.6 Å². The molecule has 0 saturated heterocycles. The van der Waals surface area contributed by atoms with Crippen LogP contribution < -0.4 is 10.6 Å². The zero-order chi connectivity index (χ0) is 21.6. The van der Waals surface area contributed by atoms with E-state index in [-0.39, 0.29) is 38.5 Å². The Labute approximate surface area is 167 Å². The van der Waals surface area contributed by atoms with Crippen molar-refractivity contribution < 1.29 is 39.9 Å². The van der Waals surface area contributed by atoms with Crippen molar-refractivity contribution in [2.24, 2.45) is 5.41 Å². The monoisotopic (exact) mass is 442 g/mol. The molecular formula is C16H32N2O8P2. The number of nitrogens with one attached hydrogen (secondary N) is 2. The van der Waals surface area contributed by atoms with Crippen molar-refractivity contribution >= 4 is 33.6 Å². The lowest BCUT2D eigenvalue weighted by Crippen LogP contribution is -2.51. The molecule has 0 aromatic carbocycles. The van der Waals surface area contributed by atoms with Crippen molar-refractivity contribution in [3.63, 3.8) is 0 Å². The van der Waals surface area contributed by atoms with Crippen molar-refractivity contribution in [1.82, 2.24) is 10.6 Å². The van der Waals surface area contributed by atoms with Gasteiger partial charge in [0.2, 0.25) is 11.8 Å². The summed E-state index contributed by atoms with van der Waals surface area (Å²) >= 11 is 0. The van der Waals surface area contributed by atoms with E-state index in [1.54, 1.807) is 0 Å². The van der Waals surface area contributed by atoms with Crippen LogP contribution in [0.2, 0.25) is 0 Å². The highest BCUT2D eigenvalue weighted by Crippen LogP contribution is 2.33. The summed E-state index contributed by atoms with van der Waals surface area (Å²) in [5.41, 5.74) is -1.77. The molecule has 0 aromatic heterocycles. The summed E-state index contributed by atoms with van der Waals surface area (Å²) < 4.78 is 0. The predicted octanol–water partition coefficient (Wildman–Crippen LogP) is -0.757. The Morgan fingerprint density at radius 2 is 1.14 bits per heavy atom. The molecule has 0 aliphatic carbocycles. The Kier molecular flexibility index (Phi) is 14.5. The summed E-state index contributed by atoms with van der Waals surface area (Å²) in [6.45, 7) is 1.68. The van der Waals surface area contributed by atoms with Crippen molar-refractivity contribution in [2.75, 3.05) is 50.8 Å². The number of aliphatic carboxylic acids is 1. The average molecular weight is 442 g/mol. The zero-order valence-electron chi connectivity index (χ0n) is 16.1. The van der Waals surface area contributed by atoms with E-state index >= 15 is 0 Å². The van der Waals surface area contributed by atoms with Crippen molar-refractivity contribution in [3.05, 3.63) is 0 Å². The van der Waals surface area contributed by atoms with Gasteiger partial charge in [-0.05, 0) is 32.1 Å². The van der Waals surface area contributed by atoms with Crippen LogP contribution in [0.5, 0.6) is 0 Å². The van der Waals surface area contributed by atoms with Crippen LogP contribution in [-0.2, 0) is 14.4 Å². The molecule has 0 aliphatic rings. The molecule has 0 heterocycles. The first kappa shape index (κ1) is 27.1. The number of aliphatic hydroxyl groups excluding tert-OH is 4. The minimum Gasteiger partial charge on any atom is -0.481 e. The summed E-state index contributed by atoms with van der Waals surface area (Å²) in [5, 5.41) is 50.4. The third kappa shape index (κ3) is 10.0. The summed E-state index contributed by atoms with van der Waals surface area (Å²) in [5.74, 6) is -2.67. The van der Waals surface area contributed by atoms with Gasteiger partial charge in [-0.3, -0.25) is 14.4 Å². The van der Waals surface area contributed by atoms with Gasteiger partial charge >= 0.3 is 5.97 Å². The van der Waals surface area contributed by atoms with Gasteiger partial charge in [-0.25, -0.2) is 0 Å². The minimum atomic E-state index is -1.77. The van der Waals surface area contributed by atoms with Gasteiger partial charge in [0.15, 0.2) is 0 Å². The number of carbonyl (C=O) groups excluding carboxylic acids is 2. The number of rotatable bonds is 16. The van der Waals surface area contributed by atoms with Gasteiger partial charge in [0.25, 0.3) is 0 Å². The van der Waals surface area contributed by atoms with Crippen LogP contribution in [0, 0.1) is 5.41 Å². The minimum absolute atomic E-state index is 0.104. The molecule has 2 amide bonds. The van der Waals surface area contributed by atoms with Crippen LogP contribution >= 0.6 is 15.8 Å². The molecule has 0 bridgehead atoms. The standard InChI is InChI=1S/C16H32N2O8P2/c1-16(8-13(23)24,14(25)17-4-2-6-27(9-19)10-20)15(26)18-5-3-7-28(11-21)12-22/h19-22H,2-12H2,1H3,(H,17,25)(H,18,26)(H,23,24).